The number of benzene rings is 1. The summed E-state index contributed by atoms with van der Waals surface area (Å²) in [4.78, 5) is 4.34. The Morgan fingerprint density at radius 3 is 2.75 bits per heavy atom. The number of aliphatic hydroxyl groups is 1. The van der Waals surface area contributed by atoms with E-state index in [1.807, 2.05) is 0 Å². The third-order valence-electron chi connectivity index (χ3n) is 3.70. The summed E-state index contributed by atoms with van der Waals surface area (Å²) in [5.74, 6) is -0.400. The maximum absolute atomic E-state index is 13.3. The molecule has 6 nitrogen and oxygen atoms in total. The number of aryl methyl sites for hydroxylation is 1. The zero-order valence-corrected chi connectivity index (χ0v) is 12.4. The summed E-state index contributed by atoms with van der Waals surface area (Å²) in [5.41, 5.74) is 2.95. The van der Waals surface area contributed by atoms with E-state index >= 15 is 0 Å². The molecule has 1 N–H and O–H groups in total. The van der Waals surface area contributed by atoms with Crippen LogP contribution < -0.4 is 0 Å². The molecule has 3 heterocycles. The fraction of sp³-hybridized carbons (Fsp3) is 0.118. The van der Waals surface area contributed by atoms with Crippen LogP contribution in [0.3, 0.4) is 0 Å². The van der Waals surface area contributed by atoms with Gasteiger partial charge in [0.05, 0.1) is 18.5 Å². The average molecular weight is 326 g/mol. The molecule has 0 aliphatic rings. The van der Waals surface area contributed by atoms with Crippen molar-refractivity contribution in [2.45, 2.75) is 6.61 Å². The van der Waals surface area contributed by atoms with E-state index in [0.717, 1.165) is 4.68 Å². The summed E-state index contributed by atoms with van der Waals surface area (Å²) in [7, 11) is 0. The van der Waals surface area contributed by atoms with Crippen LogP contribution in [0.2, 0.25) is 0 Å². The van der Waals surface area contributed by atoms with Crippen LogP contribution in [0, 0.1) is 5.82 Å². The molecule has 0 saturated carbocycles. The summed E-state index contributed by atoms with van der Waals surface area (Å²) >= 11 is 0. The van der Waals surface area contributed by atoms with E-state index in [9.17, 15) is 9.50 Å². The molecule has 0 aliphatic heterocycles. The second-order valence-electron chi connectivity index (χ2n) is 5.25. The van der Waals surface area contributed by atoms with Gasteiger partial charge in [-0.25, -0.2) is 13.9 Å². The smallest absolute Gasteiger partial charge is 0.161 e. The monoisotopic (exact) mass is 326 g/mol. The molecule has 4 aromatic rings. The van der Waals surface area contributed by atoms with Crippen LogP contribution in [0.1, 0.15) is 9.81 Å². The summed E-state index contributed by atoms with van der Waals surface area (Å²) in [6.45, 7) is -2.72. The van der Waals surface area contributed by atoms with Crippen molar-refractivity contribution in [2.75, 3.05) is 0 Å². The van der Waals surface area contributed by atoms with Crippen LogP contribution in [0.5, 0.6) is 0 Å². The highest BCUT2D eigenvalue weighted by Crippen LogP contribution is 2.32. The number of aliphatic hydroxyl groups excluding tert-OH is 1. The third kappa shape index (κ3) is 2.35. The van der Waals surface area contributed by atoms with E-state index in [1.54, 1.807) is 18.5 Å². The zero-order valence-electron chi connectivity index (χ0n) is 15.4. The van der Waals surface area contributed by atoms with E-state index in [0.29, 0.717) is 33.7 Å². The number of hydrogen-bond acceptors (Lipinski definition) is 4. The molecule has 24 heavy (non-hydrogen) atoms. The van der Waals surface area contributed by atoms with Gasteiger partial charge in [0.15, 0.2) is 5.65 Å². The van der Waals surface area contributed by atoms with Gasteiger partial charge in [0.25, 0.3) is 0 Å². The lowest BCUT2D eigenvalue weighted by molar-refractivity contribution is 0.277. The molecular weight excluding hydrogens is 309 g/mol. The number of aromatic nitrogens is 5. The Morgan fingerprint density at radius 2 is 2.00 bits per heavy atom. The Kier molecular flexibility index (Phi) is 2.65. The molecule has 3 aromatic heterocycles. The molecule has 7 heteroatoms. The zero-order chi connectivity index (χ0) is 19.2. The van der Waals surface area contributed by atoms with Gasteiger partial charge >= 0.3 is 0 Å². The summed E-state index contributed by atoms with van der Waals surface area (Å²) < 4.78 is 38.6. The van der Waals surface area contributed by atoms with Gasteiger partial charge in [-0.1, -0.05) is 0 Å². The molecule has 0 amide bonds. The van der Waals surface area contributed by atoms with Crippen molar-refractivity contribution in [3.8, 4) is 22.4 Å². The lowest BCUT2D eigenvalue weighted by Crippen LogP contribution is -1.92. The minimum atomic E-state index is -2.47. The fourth-order valence-corrected chi connectivity index (χ4v) is 2.62. The van der Waals surface area contributed by atoms with Crippen molar-refractivity contribution in [3.63, 3.8) is 0 Å². The van der Waals surface area contributed by atoms with Gasteiger partial charge in [-0.3, -0.25) is 4.68 Å². The van der Waals surface area contributed by atoms with Gasteiger partial charge in [-0.2, -0.15) is 10.2 Å². The minimum Gasteiger partial charge on any atom is -0.390 e. The van der Waals surface area contributed by atoms with Crippen molar-refractivity contribution < 1.29 is 13.6 Å². The molecule has 0 atom stereocenters. The molecular formula is C17H14FN5O. The highest BCUT2D eigenvalue weighted by molar-refractivity contribution is 5.87. The molecule has 1 aromatic carbocycles. The largest absolute Gasteiger partial charge is 0.390 e. The quantitative estimate of drug-likeness (QED) is 0.628. The molecule has 0 unspecified atom stereocenters. The van der Waals surface area contributed by atoms with Crippen LogP contribution in [0.4, 0.5) is 4.39 Å². The van der Waals surface area contributed by atoms with Gasteiger partial charge in [0.1, 0.15) is 11.5 Å². The maximum atomic E-state index is 13.3. The predicted molar refractivity (Wildman–Crippen MR) is 86.5 cm³/mol. The number of imidazole rings is 1. The number of rotatable bonds is 3. The van der Waals surface area contributed by atoms with Crippen LogP contribution in [0.25, 0.3) is 28.0 Å². The number of halogens is 1. The SMILES string of the molecule is [2H]C([2H])([2H])n1cc(-c2ccnn3cc(CO)nc23)c(-c2ccc(F)cc2)n1. The Morgan fingerprint density at radius 1 is 1.17 bits per heavy atom. The Labute approximate surface area is 141 Å². The Hall–Kier alpha value is -3.06. The van der Waals surface area contributed by atoms with Gasteiger partial charge in [0.2, 0.25) is 0 Å². The lowest BCUT2D eigenvalue weighted by atomic mass is 10.0. The molecule has 0 spiro atoms. The highest BCUT2D eigenvalue weighted by Gasteiger charge is 2.16. The summed E-state index contributed by atoms with van der Waals surface area (Å²) in [5, 5.41) is 17.7. The van der Waals surface area contributed by atoms with E-state index in [-0.39, 0.29) is 6.61 Å². The maximum Gasteiger partial charge on any atom is 0.161 e. The van der Waals surface area contributed by atoms with E-state index < -0.39 is 12.8 Å². The second-order valence-corrected chi connectivity index (χ2v) is 5.25. The molecule has 0 bridgehead atoms. The normalized spacial score (nSPS) is 13.7. The Balaban J connectivity index is 1.98. The molecule has 4 rings (SSSR count). The van der Waals surface area contributed by atoms with Crippen molar-refractivity contribution in [3.05, 3.63) is 60.4 Å². The van der Waals surface area contributed by atoms with Crippen LogP contribution in [-0.4, -0.2) is 29.5 Å². The number of nitrogens with zero attached hydrogens (tertiary/aromatic N) is 5. The topological polar surface area (TPSA) is 68.2 Å². The average Bonchev–Trinajstić information content (AvgIpc) is 3.26. The standard InChI is InChI=1S/C17H14FN5O/c1-22-9-15(16(21-22)11-2-4-12(18)5-3-11)14-6-7-19-23-8-13(10-24)20-17(14)23/h2-9,24H,10H2,1H3/i1D3. The van der Waals surface area contributed by atoms with Crippen molar-refractivity contribution in [1.29, 1.82) is 0 Å². The van der Waals surface area contributed by atoms with E-state index in [2.05, 4.69) is 15.2 Å². The Bertz CT molecular complexity index is 1120. The van der Waals surface area contributed by atoms with Crippen molar-refractivity contribution in [2.24, 2.45) is 6.98 Å². The van der Waals surface area contributed by atoms with E-state index in [1.165, 1.54) is 35.0 Å². The molecule has 0 radical (unpaired) electrons. The lowest BCUT2D eigenvalue weighted by Gasteiger charge is -2.04. The predicted octanol–water partition coefficient (Wildman–Crippen LogP) is 2.43. The first-order chi connectivity index (χ1) is 12.9. The van der Waals surface area contributed by atoms with Gasteiger partial charge < -0.3 is 5.11 Å². The molecule has 0 fully saturated rings. The molecule has 0 aliphatic carbocycles. The number of hydrogen-bond donors (Lipinski definition) is 1. The van der Waals surface area contributed by atoms with Crippen molar-refractivity contribution >= 4 is 5.65 Å². The molecule has 0 saturated heterocycles. The van der Waals surface area contributed by atoms with Gasteiger partial charge in [-0.15, -0.1) is 0 Å². The minimum absolute atomic E-state index is 0.248. The van der Waals surface area contributed by atoms with E-state index in [4.69, 9.17) is 4.11 Å². The summed E-state index contributed by atoms with van der Waals surface area (Å²) in [6.07, 6.45) is 4.55. The van der Waals surface area contributed by atoms with Gasteiger partial charge in [0, 0.05) is 40.2 Å². The second kappa shape index (κ2) is 5.54. The molecule has 120 valence electrons. The fourth-order valence-electron chi connectivity index (χ4n) is 2.62. The van der Waals surface area contributed by atoms with Crippen LogP contribution >= 0.6 is 0 Å². The van der Waals surface area contributed by atoms with Gasteiger partial charge in [-0.05, 0) is 30.3 Å². The first-order valence-electron chi connectivity index (χ1n) is 8.67. The third-order valence-corrected chi connectivity index (χ3v) is 3.70. The van der Waals surface area contributed by atoms with Crippen LogP contribution in [-0.2, 0) is 13.6 Å². The first kappa shape index (κ1) is 11.5. The van der Waals surface area contributed by atoms with Crippen LogP contribution in [0.15, 0.2) is 48.9 Å². The summed E-state index contributed by atoms with van der Waals surface area (Å²) in [6, 6.07) is 7.34. The first-order valence-corrected chi connectivity index (χ1v) is 7.17. The number of fused-ring (bicyclic) bond motifs is 1. The van der Waals surface area contributed by atoms with Crippen molar-refractivity contribution in [1.82, 2.24) is 24.4 Å². The highest BCUT2D eigenvalue weighted by atomic mass is 19.1.